The molecule has 0 saturated heterocycles. The third kappa shape index (κ3) is 4.35. The summed E-state index contributed by atoms with van der Waals surface area (Å²) in [5.41, 5.74) is 2.13. The molecule has 23 heavy (non-hydrogen) atoms. The number of hydrogen-bond acceptors (Lipinski definition) is 3. The topological polar surface area (TPSA) is 73.1 Å². The summed E-state index contributed by atoms with van der Waals surface area (Å²) in [6.07, 6.45) is 1.40. The second-order valence-electron chi connectivity index (χ2n) is 4.82. The van der Waals surface area contributed by atoms with Gasteiger partial charge in [-0.3, -0.25) is 4.79 Å². The molecule has 116 valence electrons. The summed E-state index contributed by atoms with van der Waals surface area (Å²) in [4.78, 5) is 12.2. The van der Waals surface area contributed by atoms with E-state index in [9.17, 15) is 15.2 Å². The summed E-state index contributed by atoms with van der Waals surface area (Å²) < 4.78 is 0.382. The predicted molar refractivity (Wildman–Crippen MR) is 94.2 cm³/mol. The fraction of sp³-hybridized carbons (Fsp3) is 0.0588. The largest absolute Gasteiger partial charge is 0.505 e. The maximum atomic E-state index is 12.2. The van der Waals surface area contributed by atoms with Crippen LogP contribution in [0.5, 0.6) is 5.75 Å². The molecule has 0 heterocycles. The molecule has 0 aliphatic rings. The molecule has 0 fully saturated rings. The van der Waals surface area contributed by atoms with Crippen LogP contribution in [-0.4, -0.2) is 11.0 Å². The number of aryl methyl sites for hydroxylation is 1. The number of rotatable bonds is 3. The van der Waals surface area contributed by atoms with Crippen LogP contribution in [0.25, 0.3) is 6.08 Å². The van der Waals surface area contributed by atoms with Gasteiger partial charge in [-0.2, -0.15) is 5.26 Å². The monoisotopic (exact) mass is 390 g/mol. The highest BCUT2D eigenvalue weighted by molar-refractivity contribution is 9.10. The maximum absolute atomic E-state index is 12.2. The lowest BCUT2D eigenvalue weighted by atomic mass is 10.1. The van der Waals surface area contributed by atoms with E-state index >= 15 is 0 Å². The number of aromatic hydroxyl groups is 1. The van der Waals surface area contributed by atoms with Gasteiger partial charge in [0, 0.05) is 5.69 Å². The van der Waals surface area contributed by atoms with Crippen molar-refractivity contribution in [3.05, 3.63) is 62.6 Å². The summed E-state index contributed by atoms with van der Waals surface area (Å²) in [5, 5.41) is 21.6. The number of nitrogens with one attached hydrogen (secondary N) is 1. The van der Waals surface area contributed by atoms with Gasteiger partial charge in [0.1, 0.15) is 17.4 Å². The number of benzene rings is 2. The molecule has 6 heteroatoms. The second-order valence-corrected chi connectivity index (χ2v) is 6.08. The molecule has 2 N–H and O–H groups in total. The first-order valence-corrected chi connectivity index (χ1v) is 7.75. The molecular formula is C17H12BrClN2O2. The van der Waals surface area contributed by atoms with Crippen molar-refractivity contribution >= 4 is 45.2 Å². The standard InChI is InChI=1S/C17H12BrClN2O2/c1-10-2-4-13(5-3-10)21-17(23)12(9-20)6-11-7-14(18)16(22)15(19)8-11/h2-8,22H,1H3,(H,21,23)/b12-6+. The van der Waals surface area contributed by atoms with E-state index in [-0.39, 0.29) is 16.3 Å². The predicted octanol–water partition coefficient (Wildman–Crippen LogP) is 4.66. The lowest BCUT2D eigenvalue weighted by Gasteiger charge is -2.06. The number of phenolic OH excluding ortho intramolecular Hbond substituents is 1. The van der Waals surface area contributed by atoms with Crippen molar-refractivity contribution in [1.82, 2.24) is 0 Å². The Morgan fingerprint density at radius 3 is 2.57 bits per heavy atom. The van der Waals surface area contributed by atoms with Crippen molar-refractivity contribution in [2.45, 2.75) is 6.92 Å². The summed E-state index contributed by atoms with van der Waals surface area (Å²) in [7, 11) is 0. The number of phenols is 1. The Bertz CT molecular complexity index is 800. The third-order valence-corrected chi connectivity index (χ3v) is 3.92. The Balaban J connectivity index is 2.26. The van der Waals surface area contributed by atoms with Crippen LogP contribution >= 0.6 is 27.5 Å². The molecule has 2 aromatic rings. The van der Waals surface area contributed by atoms with E-state index in [0.717, 1.165) is 5.56 Å². The van der Waals surface area contributed by atoms with Crippen LogP contribution < -0.4 is 5.32 Å². The van der Waals surface area contributed by atoms with Crippen molar-refractivity contribution in [2.75, 3.05) is 5.32 Å². The lowest BCUT2D eigenvalue weighted by molar-refractivity contribution is -0.112. The van der Waals surface area contributed by atoms with Gasteiger partial charge in [0.15, 0.2) is 0 Å². The van der Waals surface area contributed by atoms with Crippen LogP contribution in [0.2, 0.25) is 5.02 Å². The normalized spacial score (nSPS) is 11.0. The van der Waals surface area contributed by atoms with Gasteiger partial charge in [0.2, 0.25) is 0 Å². The van der Waals surface area contributed by atoms with Crippen molar-refractivity contribution < 1.29 is 9.90 Å². The number of carbonyl (C=O) groups is 1. The molecule has 0 bridgehead atoms. The number of hydrogen-bond donors (Lipinski definition) is 2. The van der Waals surface area contributed by atoms with Crippen molar-refractivity contribution in [3.8, 4) is 11.8 Å². The highest BCUT2D eigenvalue weighted by Crippen LogP contribution is 2.33. The third-order valence-electron chi connectivity index (χ3n) is 3.02. The molecule has 0 spiro atoms. The van der Waals surface area contributed by atoms with E-state index in [1.807, 2.05) is 25.1 Å². The lowest BCUT2D eigenvalue weighted by Crippen LogP contribution is -2.13. The van der Waals surface area contributed by atoms with Gasteiger partial charge >= 0.3 is 0 Å². The van der Waals surface area contributed by atoms with Crippen LogP contribution in [0.3, 0.4) is 0 Å². The maximum Gasteiger partial charge on any atom is 0.266 e. The van der Waals surface area contributed by atoms with E-state index in [4.69, 9.17) is 11.6 Å². The van der Waals surface area contributed by atoms with Crippen LogP contribution in [0.15, 0.2) is 46.4 Å². The molecule has 0 aromatic heterocycles. The molecule has 0 atom stereocenters. The number of carbonyl (C=O) groups excluding carboxylic acids is 1. The van der Waals surface area contributed by atoms with Crippen LogP contribution in [0.1, 0.15) is 11.1 Å². The molecule has 2 rings (SSSR count). The van der Waals surface area contributed by atoms with E-state index in [1.54, 1.807) is 18.2 Å². The van der Waals surface area contributed by atoms with Gasteiger partial charge in [-0.05, 0) is 58.8 Å². The number of nitriles is 1. The molecule has 0 radical (unpaired) electrons. The minimum absolute atomic E-state index is 0.0702. The zero-order valence-electron chi connectivity index (χ0n) is 12.1. The smallest absolute Gasteiger partial charge is 0.266 e. The van der Waals surface area contributed by atoms with Crippen molar-refractivity contribution in [2.24, 2.45) is 0 Å². The quantitative estimate of drug-likeness (QED) is 0.590. The summed E-state index contributed by atoms with van der Waals surface area (Å²) >= 11 is 9.04. The average molecular weight is 392 g/mol. The minimum Gasteiger partial charge on any atom is -0.505 e. The molecule has 2 aromatic carbocycles. The first kappa shape index (κ1) is 17.1. The summed E-state index contributed by atoms with van der Waals surface area (Å²) in [6, 6.07) is 12.1. The Morgan fingerprint density at radius 2 is 2.00 bits per heavy atom. The van der Waals surface area contributed by atoms with Gasteiger partial charge in [-0.1, -0.05) is 29.3 Å². The molecule has 0 aliphatic heterocycles. The molecule has 4 nitrogen and oxygen atoms in total. The van der Waals surface area contributed by atoms with E-state index < -0.39 is 5.91 Å². The highest BCUT2D eigenvalue weighted by atomic mass is 79.9. The number of anilines is 1. The number of nitrogens with zero attached hydrogens (tertiary/aromatic N) is 1. The summed E-state index contributed by atoms with van der Waals surface area (Å²) in [6.45, 7) is 1.94. The van der Waals surface area contributed by atoms with Crippen LogP contribution in [0, 0.1) is 18.3 Å². The van der Waals surface area contributed by atoms with E-state index in [0.29, 0.717) is 15.7 Å². The molecule has 0 unspecified atom stereocenters. The van der Waals surface area contributed by atoms with E-state index in [2.05, 4.69) is 21.2 Å². The number of halogens is 2. The van der Waals surface area contributed by atoms with Crippen molar-refractivity contribution in [3.63, 3.8) is 0 Å². The second kappa shape index (κ2) is 7.32. The first-order valence-electron chi connectivity index (χ1n) is 6.58. The molecular weight excluding hydrogens is 380 g/mol. The van der Waals surface area contributed by atoms with Gasteiger partial charge in [-0.25, -0.2) is 0 Å². The fourth-order valence-electron chi connectivity index (χ4n) is 1.82. The fourth-order valence-corrected chi connectivity index (χ4v) is 2.64. The minimum atomic E-state index is -0.517. The zero-order valence-corrected chi connectivity index (χ0v) is 14.4. The highest BCUT2D eigenvalue weighted by Gasteiger charge is 2.11. The van der Waals surface area contributed by atoms with Crippen LogP contribution in [-0.2, 0) is 4.79 Å². The molecule has 0 aliphatic carbocycles. The SMILES string of the molecule is Cc1ccc(NC(=O)/C(C#N)=C/c2cc(Cl)c(O)c(Br)c2)cc1. The average Bonchev–Trinajstić information content (AvgIpc) is 2.52. The van der Waals surface area contributed by atoms with Gasteiger partial charge in [-0.15, -0.1) is 0 Å². The zero-order chi connectivity index (χ0) is 17.0. The number of amides is 1. The Morgan fingerprint density at radius 1 is 1.35 bits per heavy atom. The Kier molecular flexibility index (Phi) is 5.43. The molecule has 1 amide bonds. The van der Waals surface area contributed by atoms with Crippen molar-refractivity contribution in [1.29, 1.82) is 5.26 Å². The first-order chi connectivity index (χ1) is 10.9. The van der Waals surface area contributed by atoms with Gasteiger partial charge in [0.25, 0.3) is 5.91 Å². The van der Waals surface area contributed by atoms with E-state index in [1.165, 1.54) is 12.1 Å². The molecule has 0 saturated carbocycles. The summed E-state index contributed by atoms with van der Waals surface area (Å²) in [5.74, 6) is -0.608. The van der Waals surface area contributed by atoms with Crippen LogP contribution in [0.4, 0.5) is 5.69 Å². The van der Waals surface area contributed by atoms with Gasteiger partial charge in [0.05, 0.1) is 9.50 Å². The van der Waals surface area contributed by atoms with Gasteiger partial charge < -0.3 is 10.4 Å². The Labute approximate surface area is 147 Å². The Hall–Kier alpha value is -2.29.